The molecule has 0 amide bonds. The van der Waals surface area contributed by atoms with Gasteiger partial charge in [-0.05, 0) is 17.7 Å². The lowest BCUT2D eigenvalue weighted by atomic mass is 10.2. The number of rotatable bonds is 3. The van der Waals surface area contributed by atoms with Crippen molar-refractivity contribution in [2.75, 3.05) is 7.11 Å². The number of nitrogens with zero attached hydrogens (tertiary/aromatic N) is 1. The average molecular weight is 253 g/mol. The van der Waals surface area contributed by atoms with Crippen molar-refractivity contribution in [1.82, 2.24) is 4.57 Å². The standard InChI is InChI=1S/C16H15NO2/c1-19-15-9-5-8-13-14(15)11-17(16(13)18)10-12-6-3-2-4-7-12/h2-9,11,18H,10H2,1H3. The van der Waals surface area contributed by atoms with Crippen LogP contribution in [-0.2, 0) is 6.54 Å². The van der Waals surface area contributed by atoms with E-state index in [2.05, 4.69) is 0 Å². The Balaban J connectivity index is 2.08. The van der Waals surface area contributed by atoms with E-state index in [1.807, 2.05) is 59.3 Å². The molecule has 2 aromatic carbocycles. The summed E-state index contributed by atoms with van der Waals surface area (Å²) in [4.78, 5) is 0. The number of methoxy groups -OCH3 is 1. The highest BCUT2D eigenvalue weighted by atomic mass is 16.5. The lowest BCUT2D eigenvalue weighted by Gasteiger charge is -2.04. The molecule has 0 aliphatic rings. The fourth-order valence-electron chi connectivity index (χ4n) is 2.32. The molecule has 19 heavy (non-hydrogen) atoms. The predicted octanol–water partition coefficient (Wildman–Crippen LogP) is 3.40. The summed E-state index contributed by atoms with van der Waals surface area (Å²) in [6, 6.07) is 15.7. The summed E-state index contributed by atoms with van der Waals surface area (Å²) >= 11 is 0. The minimum absolute atomic E-state index is 0.276. The largest absolute Gasteiger partial charge is 0.496 e. The lowest BCUT2D eigenvalue weighted by Crippen LogP contribution is -1.96. The highest BCUT2D eigenvalue weighted by molar-refractivity contribution is 5.92. The molecule has 0 atom stereocenters. The maximum atomic E-state index is 10.3. The molecule has 0 fully saturated rings. The van der Waals surface area contributed by atoms with Crippen LogP contribution in [0.1, 0.15) is 5.56 Å². The molecule has 3 aromatic rings. The minimum atomic E-state index is 0.276. The highest BCUT2D eigenvalue weighted by Crippen LogP contribution is 2.33. The van der Waals surface area contributed by atoms with E-state index in [4.69, 9.17) is 4.74 Å². The Morgan fingerprint density at radius 1 is 1.00 bits per heavy atom. The van der Waals surface area contributed by atoms with Gasteiger partial charge in [0.05, 0.1) is 13.7 Å². The van der Waals surface area contributed by atoms with Crippen molar-refractivity contribution in [2.45, 2.75) is 6.54 Å². The Hall–Kier alpha value is -2.42. The number of aromatic nitrogens is 1. The van der Waals surface area contributed by atoms with Crippen molar-refractivity contribution in [3.8, 4) is 11.6 Å². The molecule has 0 spiro atoms. The van der Waals surface area contributed by atoms with Crippen LogP contribution < -0.4 is 4.74 Å². The molecule has 0 unspecified atom stereocenters. The van der Waals surface area contributed by atoms with Crippen LogP contribution in [0.2, 0.25) is 0 Å². The number of hydrogen-bond acceptors (Lipinski definition) is 2. The average Bonchev–Trinajstić information content (AvgIpc) is 2.77. The van der Waals surface area contributed by atoms with Crippen LogP contribution in [0.3, 0.4) is 0 Å². The van der Waals surface area contributed by atoms with E-state index in [-0.39, 0.29) is 5.88 Å². The molecule has 1 aromatic heterocycles. The molecule has 1 heterocycles. The van der Waals surface area contributed by atoms with E-state index >= 15 is 0 Å². The smallest absolute Gasteiger partial charge is 0.199 e. The summed E-state index contributed by atoms with van der Waals surface area (Å²) in [6.07, 6.45) is 1.93. The van der Waals surface area contributed by atoms with Crippen molar-refractivity contribution in [3.63, 3.8) is 0 Å². The van der Waals surface area contributed by atoms with Crippen LogP contribution in [0, 0.1) is 0 Å². The Kier molecular flexibility index (Phi) is 2.88. The van der Waals surface area contributed by atoms with Crippen LogP contribution in [-0.4, -0.2) is 16.8 Å². The molecular formula is C16H15NO2. The summed E-state index contributed by atoms with van der Waals surface area (Å²) in [5.74, 6) is 1.05. The third kappa shape index (κ3) is 2.03. The molecule has 0 bridgehead atoms. The van der Waals surface area contributed by atoms with Gasteiger partial charge in [-0.25, -0.2) is 0 Å². The summed E-state index contributed by atoms with van der Waals surface area (Å²) in [5, 5.41) is 12.0. The number of benzene rings is 2. The summed E-state index contributed by atoms with van der Waals surface area (Å²) in [5.41, 5.74) is 1.15. The van der Waals surface area contributed by atoms with E-state index in [1.54, 1.807) is 7.11 Å². The fraction of sp³-hybridized carbons (Fsp3) is 0.125. The Bertz CT molecular complexity index is 701. The second-order valence-electron chi connectivity index (χ2n) is 4.49. The lowest BCUT2D eigenvalue weighted by molar-refractivity contribution is 0.420. The zero-order valence-electron chi connectivity index (χ0n) is 10.7. The summed E-state index contributed by atoms with van der Waals surface area (Å²) in [7, 11) is 1.64. The van der Waals surface area contributed by atoms with Crippen LogP contribution in [0.25, 0.3) is 10.8 Å². The third-order valence-corrected chi connectivity index (χ3v) is 3.28. The Morgan fingerprint density at radius 2 is 1.79 bits per heavy atom. The Labute approximate surface area is 111 Å². The minimum Gasteiger partial charge on any atom is -0.496 e. The highest BCUT2D eigenvalue weighted by Gasteiger charge is 2.11. The van der Waals surface area contributed by atoms with Crippen molar-refractivity contribution in [2.24, 2.45) is 0 Å². The van der Waals surface area contributed by atoms with E-state index in [1.165, 1.54) is 0 Å². The zero-order valence-corrected chi connectivity index (χ0v) is 10.7. The first-order chi connectivity index (χ1) is 9.29. The van der Waals surface area contributed by atoms with E-state index in [9.17, 15) is 5.11 Å². The molecule has 0 aliphatic heterocycles. The molecule has 0 aliphatic carbocycles. The molecule has 3 heteroatoms. The monoisotopic (exact) mass is 253 g/mol. The fourth-order valence-corrected chi connectivity index (χ4v) is 2.32. The van der Waals surface area contributed by atoms with Crippen molar-refractivity contribution < 1.29 is 9.84 Å². The van der Waals surface area contributed by atoms with Crippen molar-refractivity contribution in [1.29, 1.82) is 0 Å². The maximum Gasteiger partial charge on any atom is 0.199 e. The van der Waals surface area contributed by atoms with Crippen molar-refractivity contribution >= 4 is 10.8 Å². The molecule has 1 N–H and O–H groups in total. The topological polar surface area (TPSA) is 34.4 Å². The number of ether oxygens (including phenoxy) is 1. The van der Waals surface area contributed by atoms with Gasteiger partial charge in [-0.1, -0.05) is 36.4 Å². The molecular weight excluding hydrogens is 238 g/mol. The van der Waals surface area contributed by atoms with Gasteiger partial charge in [-0.3, -0.25) is 0 Å². The first-order valence-electron chi connectivity index (χ1n) is 6.18. The zero-order chi connectivity index (χ0) is 13.2. The quantitative estimate of drug-likeness (QED) is 0.776. The van der Waals surface area contributed by atoms with Crippen molar-refractivity contribution in [3.05, 3.63) is 60.3 Å². The van der Waals surface area contributed by atoms with Crippen LogP contribution >= 0.6 is 0 Å². The number of hydrogen-bond donors (Lipinski definition) is 1. The normalized spacial score (nSPS) is 10.8. The van der Waals surface area contributed by atoms with Gasteiger partial charge in [0, 0.05) is 17.0 Å². The van der Waals surface area contributed by atoms with Crippen LogP contribution in [0.15, 0.2) is 54.7 Å². The van der Waals surface area contributed by atoms with Crippen LogP contribution in [0.5, 0.6) is 11.6 Å². The first-order valence-corrected chi connectivity index (χ1v) is 6.18. The molecule has 0 radical (unpaired) electrons. The van der Waals surface area contributed by atoms with Gasteiger partial charge in [0.1, 0.15) is 5.75 Å². The van der Waals surface area contributed by atoms with Crippen LogP contribution in [0.4, 0.5) is 0 Å². The van der Waals surface area contributed by atoms with E-state index in [0.717, 1.165) is 22.1 Å². The molecule has 96 valence electrons. The van der Waals surface area contributed by atoms with Gasteiger partial charge in [-0.2, -0.15) is 0 Å². The second-order valence-corrected chi connectivity index (χ2v) is 4.49. The Morgan fingerprint density at radius 3 is 2.53 bits per heavy atom. The summed E-state index contributed by atoms with van der Waals surface area (Å²) < 4.78 is 7.16. The van der Waals surface area contributed by atoms with Gasteiger partial charge in [-0.15, -0.1) is 0 Å². The van der Waals surface area contributed by atoms with Gasteiger partial charge in [0.2, 0.25) is 0 Å². The molecule has 3 nitrogen and oxygen atoms in total. The number of fused-ring (bicyclic) bond motifs is 1. The van der Waals surface area contributed by atoms with Gasteiger partial charge >= 0.3 is 0 Å². The number of aromatic hydroxyl groups is 1. The second kappa shape index (κ2) is 4.69. The first kappa shape index (κ1) is 11.7. The summed E-state index contributed by atoms with van der Waals surface area (Å²) in [6.45, 7) is 0.643. The third-order valence-electron chi connectivity index (χ3n) is 3.28. The maximum absolute atomic E-state index is 10.3. The van der Waals surface area contributed by atoms with Gasteiger partial charge < -0.3 is 14.4 Å². The molecule has 3 rings (SSSR count). The SMILES string of the molecule is COc1cccc2c(O)n(Cc3ccccc3)cc12. The van der Waals surface area contributed by atoms with Gasteiger partial charge in [0.25, 0.3) is 0 Å². The predicted molar refractivity (Wildman–Crippen MR) is 75.7 cm³/mol. The molecule has 0 saturated heterocycles. The van der Waals surface area contributed by atoms with Gasteiger partial charge in [0.15, 0.2) is 5.88 Å². The molecule has 0 saturated carbocycles. The van der Waals surface area contributed by atoms with E-state index < -0.39 is 0 Å². The van der Waals surface area contributed by atoms with E-state index in [0.29, 0.717) is 6.54 Å².